The molecule has 0 atom stereocenters. The number of piperidine rings is 1. The van der Waals surface area contributed by atoms with Crippen molar-refractivity contribution < 1.29 is 9.18 Å². The van der Waals surface area contributed by atoms with Crippen LogP contribution in [0.25, 0.3) is 11.2 Å². The zero-order valence-corrected chi connectivity index (χ0v) is 19.9. The highest BCUT2D eigenvalue weighted by Gasteiger charge is 2.25. The lowest BCUT2D eigenvalue weighted by Gasteiger charge is -2.33. The highest BCUT2D eigenvalue weighted by molar-refractivity contribution is 5.89. The molecular formula is C27H27FN6O2. The van der Waals surface area contributed by atoms with Gasteiger partial charge < -0.3 is 15.5 Å². The first-order valence-corrected chi connectivity index (χ1v) is 12.0. The van der Waals surface area contributed by atoms with Gasteiger partial charge in [-0.1, -0.05) is 42.0 Å². The molecule has 0 aliphatic carbocycles. The van der Waals surface area contributed by atoms with Crippen LogP contribution in [0.3, 0.4) is 0 Å². The summed E-state index contributed by atoms with van der Waals surface area (Å²) in [5, 5.41) is 5.45. The Morgan fingerprint density at radius 3 is 2.56 bits per heavy atom. The number of benzene rings is 2. The molecule has 9 heteroatoms. The molecule has 5 rings (SSSR count). The van der Waals surface area contributed by atoms with E-state index in [1.807, 2.05) is 48.2 Å². The number of rotatable bonds is 5. The average Bonchev–Trinajstić information content (AvgIpc) is 2.89. The number of nitrogens with zero attached hydrogens (tertiary/aromatic N) is 4. The van der Waals surface area contributed by atoms with Crippen LogP contribution < -0.4 is 21.1 Å². The Bertz CT molecular complexity index is 1450. The first kappa shape index (κ1) is 23.5. The Labute approximate surface area is 207 Å². The predicted octanol–water partition coefficient (Wildman–Crippen LogP) is 4.08. The van der Waals surface area contributed by atoms with Crippen LogP contribution in [0.4, 0.5) is 20.7 Å². The fourth-order valence-electron chi connectivity index (χ4n) is 4.43. The van der Waals surface area contributed by atoms with Crippen molar-refractivity contribution in [3.63, 3.8) is 0 Å². The summed E-state index contributed by atoms with van der Waals surface area (Å²) in [6.07, 6.45) is 2.93. The number of anilines is 2. The number of aromatic nitrogens is 3. The number of pyridine rings is 1. The van der Waals surface area contributed by atoms with Crippen molar-refractivity contribution in [2.24, 2.45) is 0 Å². The lowest BCUT2D eigenvalue weighted by molar-refractivity contribution is 0.246. The standard InChI is InChI=1S/C27H27FN6O2/c1-18-8-10-19(11-9-18)17-34-24-23(7-4-14-29-24)31-25(26(34)35)33-15-12-20(13-16-33)30-27(36)32-22-6-3-2-5-21(22)28/h2-11,14,20H,12-13,15-17H2,1H3,(H2,30,32,36). The molecule has 2 N–H and O–H groups in total. The molecule has 2 aromatic heterocycles. The molecule has 0 unspecified atom stereocenters. The zero-order chi connectivity index (χ0) is 25.1. The molecule has 0 bridgehead atoms. The highest BCUT2D eigenvalue weighted by Crippen LogP contribution is 2.19. The highest BCUT2D eigenvalue weighted by atomic mass is 19.1. The summed E-state index contributed by atoms with van der Waals surface area (Å²) in [7, 11) is 0. The molecule has 1 aliphatic heterocycles. The number of aryl methyl sites for hydroxylation is 1. The summed E-state index contributed by atoms with van der Waals surface area (Å²) in [4.78, 5) is 36.9. The molecule has 1 aliphatic rings. The van der Waals surface area contributed by atoms with Crippen molar-refractivity contribution in [2.75, 3.05) is 23.3 Å². The summed E-state index contributed by atoms with van der Waals surface area (Å²) in [5.41, 5.74) is 3.32. The van der Waals surface area contributed by atoms with Crippen molar-refractivity contribution in [1.29, 1.82) is 0 Å². The summed E-state index contributed by atoms with van der Waals surface area (Å²) in [6.45, 7) is 3.54. The number of halogens is 1. The van der Waals surface area contributed by atoms with Crippen molar-refractivity contribution in [3.8, 4) is 0 Å². The smallest absolute Gasteiger partial charge is 0.319 e. The Morgan fingerprint density at radius 1 is 1.06 bits per heavy atom. The number of fused-ring (bicyclic) bond motifs is 1. The largest absolute Gasteiger partial charge is 0.352 e. The van der Waals surface area contributed by atoms with Gasteiger partial charge in [-0.15, -0.1) is 0 Å². The zero-order valence-electron chi connectivity index (χ0n) is 19.9. The van der Waals surface area contributed by atoms with Crippen LogP contribution >= 0.6 is 0 Å². The van der Waals surface area contributed by atoms with Crippen molar-refractivity contribution in [1.82, 2.24) is 19.9 Å². The summed E-state index contributed by atoms with van der Waals surface area (Å²) < 4.78 is 15.5. The number of para-hydroxylation sites is 1. The van der Waals surface area contributed by atoms with E-state index in [2.05, 4.69) is 20.6 Å². The van der Waals surface area contributed by atoms with Crippen LogP contribution in [-0.2, 0) is 6.54 Å². The number of hydrogen-bond acceptors (Lipinski definition) is 5. The molecule has 8 nitrogen and oxygen atoms in total. The monoisotopic (exact) mass is 486 g/mol. The molecule has 1 fully saturated rings. The maximum atomic E-state index is 13.8. The van der Waals surface area contributed by atoms with Gasteiger partial charge in [0.25, 0.3) is 5.56 Å². The maximum absolute atomic E-state index is 13.8. The van der Waals surface area contributed by atoms with E-state index in [1.165, 1.54) is 12.1 Å². The third-order valence-corrected chi connectivity index (χ3v) is 6.40. The van der Waals surface area contributed by atoms with Gasteiger partial charge in [0, 0.05) is 25.3 Å². The van der Waals surface area contributed by atoms with Crippen molar-refractivity contribution in [3.05, 3.63) is 94.2 Å². The van der Waals surface area contributed by atoms with Gasteiger partial charge >= 0.3 is 6.03 Å². The third kappa shape index (κ3) is 5.05. The van der Waals surface area contributed by atoms with Crippen molar-refractivity contribution >= 4 is 28.7 Å². The molecule has 3 heterocycles. The molecule has 2 aromatic carbocycles. The van der Waals surface area contributed by atoms with Crippen LogP contribution in [-0.4, -0.2) is 39.7 Å². The fraction of sp³-hybridized carbons (Fsp3) is 0.259. The molecular weight excluding hydrogens is 459 g/mol. The SMILES string of the molecule is Cc1ccc(Cn2c(=O)c(N3CCC(NC(=O)Nc4ccccc4F)CC3)nc3cccnc32)cc1. The minimum Gasteiger partial charge on any atom is -0.352 e. The molecule has 0 radical (unpaired) electrons. The number of hydrogen-bond donors (Lipinski definition) is 2. The molecule has 36 heavy (non-hydrogen) atoms. The lowest BCUT2D eigenvalue weighted by atomic mass is 10.1. The average molecular weight is 487 g/mol. The molecule has 0 saturated carbocycles. The third-order valence-electron chi connectivity index (χ3n) is 6.40. The van der Waals surface area contributed by atoms with E-state index in [0.29, 0.717) is 49.5 Å². The van der Waals surface area contributed by atoms with Crippen LogP contribution in [0, 0.1) is 12.7 Å². The van der Waals surface area contributed by atoms with Gasteiger partial charge in [0.05, 0.1) is 12.2 Å². The van der Waals surface area contributed by atoms with E-state index in [4.69, 9.17) is 0 Å². The minimum absolute atomic E-state index is 0.0927. The number of nitrogens with one attached hydrogen (secondary N) is 2. The molecule has 184 valence electrons. The second kappa shape index (κ2) is 10.2. The van der Waals surface area contributed by atoms with Gasteiger partial charge in [-0.3, -0.25) is 9.36 Å². The number of carbonyl (C=O) groups excluding carboxylic acids is 1. The Balaban J connectivity index is 1.31. The Morgan fingerprint density at radius 2 is 1.81 bits per heavy atom. The van der Waals surface area contributed by atoms with Gasteiger partial charge in [0.15, 0.2) is 11.5 Å². The normalized spacial score (nSPS) is 14.1. The van der Waals surface area contributed by atoms with E-state index in [0.717, 1.165) is 11.1 Å². The second-order valence-electron chi connectivity index (χ2n) is 9.00. The van der Waals surface area contributed by atoms with Gasteiger partial charge in [0.1, 0.15) is 11.3 Å². The summed E-state index contributed by atoms with van der Waals surface area (Å²) in [6, 6.07) is 17.2. The maximum Gasteiger partial charge on any atom is 0.319 e. The van der Waals surface area contributed by atoms with Gasteiger partial charge in [-0.05, 0) is 49.6 Å². The number of carbonyl (C=O) groups is 1. The molecule has 0 spiro atoms. The lowest BCUT2D eigenvalue weighted by Crippen LogP contribution is -2.47. The quantitative estimate of drug-likeness (QED) is 0.444. The first-order valence-electron chi connectivity index (χ1n) is 12.0. The fourth-order valence-corrected chi connectivity index (χ4v) is 4.43. The van der Waals surface area contributed by atoms with Crippen LogP contribution in [0.15, 0.2) is 71.7 Å². The Kier molecular flexibility index (Phi) is 6.62. The molecule has 2 amide bonds. The van der Waals surface area contributed by atoms with Gasteiger partial charge in [0.2, 0.25) is 0 Å². The number of amides is 2. The Hall–Kier alpha value is -4.27. The molecule has 4 aromatic rings. The van der Waals surface area contributed by atoms with Crippen LogP contribution in [0.5, 0.6) is 0 Å². The first-order chi connectivity index (χ1) is 17.5. The number of urea groups is 1. The summed E-state index contributed by atoms with van der Waals surface area (Å²) >= 11 is 0. The van der Waals surface area contributed by atoms with Crippen molar-refractivity contribution in [2.45, 2.75) is 32.4 Å². The van der Waals surface area contributed by atoms with Crippen LogP contribution in [0.2, 0.25) is 0 Å². The van der Waals surface area contributed by atoms with Crippen LogP contribution in [0.1, 0.15) is 24.0 Å². The topological polar surface area (TPSA) is 92.2 Å². The van der Waals surface area contributed by atoms with Gasteiger partial charge in [-0.2, -0.15) is 0 Å². The second-order valence-corrected chi connectivity index (χ2v) is 9.00. The van der Waals surface area contributed by atoms with E-state index in [-0.39, 0.29) is 17.3 Å². The van der Waals surface area contributed by atoms with E-state index < -0.39 is 11.8 Å². The minimum atomic E-state index is -0.485. The van der Waals surface area contributed by atoms with E-state index >= 15 is 0 Å². The van der Waals surface area contributed by atoms with E-state index in [1.54, 1.807) is 22.9 Å². The summed E-state index contributed by atoms with van der Waals surface area (Å²) in [5.74, 6) is -0.0990. The molecule has 1 saturated heterocycles. The predicted molar refractivity (Wildman–Crippen MR) is 138 cm³/mol. The van der Waals surface area contributed by atoms with Gasteiger partial charge in [-0.25, -0.2) is 19.2 Å². The van der Waals surface area contributed by atoms with E-state index in [9.17, 15) is 14.0 Å².